The van der Waals surface area contributed by atoms with E-state index in [1.54, 1.807) is 19.4 Å². The Bertz CT molecular complexity index is 869. The van der Waals surface area contributed by atoms with Crippen molar-refractivity contribution in [3.05, 3.63) is 24.3 Å². The lowest BCUT2D eigenvalue weighted by molar-refractivity contribution is -0.131. The Labute approximate surface area is 197 Å². The van der Waals surface area contributed by atoms with Gasteiger partial charge in [-0.25, -0.2) is 15.0 Å². The van der Waals surface area contributed by atoms with Crippen LogP contribution < -0.4 is 5.73 Å². The van der Waals surface area contributed by atoms with Crippen molar-refractivity contribution in [1.29, 1.82) is 0 Å². The van der Waals surface area contributed by atoms with Crippen LogP contribution in [0.1, 0.15) is 87.4 Å². The monoisotopic (exact) mass is 454 g/mol. The van der Waals surface area contributed by atoms with Gasteiger partial charge in [-0.3, -0.25) is 14.5 Å². The van der Waals surface area contributed by atoms with Crippen molar-refractivity contribution >= 4 is 17.8 Å². The molecule has 2 amide bonds. The molecule has 4 rings (SSSR count). The van der Waals surface area contributed by atoms with E-state index in [9.17, 15) is 9.59 Å². The second-order valence-electron chi connectivity index (χ2n) is 10.3. The molecule has 1 aliphatic heterocycles. The van der Waals surface area contributed by atoms with Crippen LogP contribution in [0, 0.1) is 11.8 Å². The maximum Gasteiger partial charge on any atom is 0.257 e. The molecule has 2 saturated carbocycles. The van der Waals surface area contributed by atoms with Gasteiger partial charge in [0, 0.05) is 32.5 Å². The summed E-state index contributed by atoms with van der Waals surface area (Å²) in [5, 5.41) is 0. The van der Waals surface area contributed by atoms with Crippen LogP contribution in [0.4, 0.5) is 0 Å². The number of aromatic nitrogens is 2. The Morgan fingerprint density at radius 3 is 2.48 bits per heavy atom. The molecular weight excluding hydrogens is 416 g/mol. The van der Waals surface area contributed by atoms with Crippen molar-refractivity contribution in [2.75, 3.05) is 14.1 Å². The quantitative estimate of drug-likeness (QED) is 0.680. The van der Waals surface area contributed by atoms with Gasteiger partial charge in [-0.1, -0.05) is 44.9 Å². The van der Waals surface area contributed by atoms with E-state index < -0.39 is 5.54 Å². The van der Waals surface area contributed by atoms with Crippen molar-refractivity contribution in [3.8, 4) is 0 Å². The van der Waals surface area contributed by atoms with Gasteiger partial charge in [-0.15, -0.1) is 0 Å². The summed E-state index contributed by atoms with van der Waals surface area (Å²) in [7, 11) is 3.60. The zero-order valence-electron chi connectivity index (χ0n) is 20.1. The largest absolute Gasteiger partial charge is 0.369 e. The molecule has 0 aromatic carbocycles. The smallest absolute Gasteiger partial charge is 0.257 e. The van der Waals surface area contributed by atoms with Crippen molar-refractivity contribution in [1.82, 2.24) is 19.8 Å². The summed E-state index contributed by atoms with van der Waals surface area (Å²) in [6.07, 6.45) is 17.5. The van der Waals surface area contributed by atoms with Crippen molar-refractivity contribution < 1.29 is 9.59 Å². The highest BCUT2D eigenvalue weighted by Crippen LogP contribution is 2.41. The van der Waals surface area contributed by atoms with E-state index in [4.69, 9.17) is 10.7 Å². The number of rotatable bonds is 7. The molecule has 8 heteroatoms. The zero-order valence-corrected chi connectivity index (χ0v) is 20.1. The van der Waals surface area contributed by atoms with Crippen LogP contribution in [0.2, 0.25) is 0 Å². The summed E-state index contributed by atoms with van der Waals surface area (Å²) >= 11 is 0. The summed E-state index contributed by atoms with van der Waals surface area (Å²) < 4.78 is 0. The third-order valence-electron chi connectivity index (χ3n) is 8.12. The topological polar surface area (TPSA) is 105 Å². The first-order valence-corrected chi connectivity index (χ1v) is 12.6. The second-order valence-corrected chi connectivity index (χ2v) is 10.3. The fraction of sp³-hybridized carbons (Fsp3) is 0.720. The Hall–Kier alpha value is -2.51. The predicted molar refractivity (Wildman–Crippen MR) is 127 cm³/mol. The second kappa shape index (κ2) is 10.2. The predicted octanol–water partition coefficient (Wildman–Crippen LogP) is 3.38. The molecule has 0 radical (unpaired) electrons. The maximum atomic E-state index is 13.3. The van der Waals surface area contributed by atoms with Gasteiger partial charge in [-0.2, -0.15) is 0 Å². The molecular formula is C25H38N6O2. The van der Waals surface area contributed by atoms with Gasteiger partial charge in [0.1, 0.15) is 11.9 Å². The van der Waals surface area contributed by atoms with E-state index in [0.717, 1.165) is 44.9 Å². The highest BCUT2D eigenvalue weighted by atomic mass is 16.2. The van der Waals surface area contributed by atoms with Crippen LogP contribution in [0.3, 0.4) is 0 Å². The summed E-state index contributed by atoms with van der Waals surface area (Å²) in [5.74, 6) is 1.37. The van der Waals surface area contributed by atoms with E-state index in [1.165, 1.54) is 43.3 Å². The van der Waals surface area contributed by atoms with Crippen LogP contribution in [0.5, 0.6) is 0 Å². The number of likely N-dealkylation sites (N-methyl/N-ethyl adjacent to an activating group) is 1. The molecule has 2 aliphatic carbocycles. The van der Waals surface area contributed by atoms with Gasteiger partial charge in [0.25, 0.3) is 11.8 Å². The van der Waals surface area contributed by atoms with Crippen molar-refractivity contribution in [2.24, 2.45) is 22.6 Å². The number of hydrogen-bond donors (Lipinski definition) is 1. The van der Waals surface area contributed by atoms with Gasteiger partial charge >= 0.3 is 0 Å². The lowest BCUT2D eigenvalue weighted by Gasteiger charge is -2.38. The number of amides is 2. The van der Waals surface area contributed by atoms with E-state index in [1.807, 2.05) is 11.9 Å². The molecule has 3 aliphatic rings. The summed E-state index contributed by atoms with van der Waals surface area (Å²) in [4.78, 5) is 42.4. The number of guanidine groups is 1. The number of carbonyl (C=O) groups is 2. The summed E-state index contributed by atoms with van der Waals surface area (Å²) in [5.41, 5.74) is 5.90. The normalized spacial score (nSPS) is 28.6. The van der Waals surface area contributed by atoms with Crippen molar-refractivity contribution in [2.45, 2.75) is 88.6 Å². The summed E-state index contributed by atoms with van der Waals surface area (Å²) in [6.45, 7) is 0. The van der Waals surface area contributed by atoms with E-state index >= 15 is 0 Å². The maximum absolute atomic E-state index is 13.3. The zero-order chi connectivity index (χ0) is 23.4. The molecule has 0 spiro atoms. The Kier molecular flexibility index (Phi) is 7.29. The first-order valence-electron chi connectivity index (χ1n) is 12.6. The van der Waals surface area contributed by atoms with E-state index in [0.29, 0.717) is 23.4 Å². The third kappa shape index (κ3) is 5.20. The summed E-state index contributed by atoms with van der Waals surface area (Å²) in [6, 6.07) is 0.141. The van der Waals surface area contributed by atoms with Gasteiger partial charge < -0.3 is 10.6 Å². The number of nitrogens with two attached hydrogens (primary N) is 1. The first kappa shape index (κ1) is 23.6. The average Bonchev–Trinajstić information content (AvgIpc) is 3.06. The molecule has 2 heterocycles. The number of carbonyl (C=O) groups excluding carboxylic acids is 2. The number of hydrogen-bond acceptors (Lipinski definition) is 6. The molecule has 180 valence electrons. The van der Waals surface area contributed by atoms with Crippen molar-refractivity contribution in [3.63, 3.8) is 0 Å². The molecule has 1 aromatic heterocycles. The molecule has 0 saturated heterocycles. The van der Waals surface area contributed by atoms with Gasteiger partial charge in [0.05, 0.1) is 5.56 Å². The minimum Gasteiger partial charge on any atom is -0.369 e. The highest BCUT2D eigenvalue weighted by Gasteiger charge is 2.48. The molecule has 0 unspecified atom stereocenters. The third-order valence-corrected chi connectivity index (χ3v) is 8.12. The Balaban J connectivity index is 1.44. The van der Waals surface area contributed by atoms with Gasteiger partial charge in [0.15, 0.2) is 5.96 Å². The molecule has 1 aromatic rings. The molecule has 33 heavy (non-hydrogen) atoms. The fourth-order valence-corrected chi connectivity index (χ4v) is 6.13. The highest BCUT2D eigenvalue weighted by molar-refractivity contribution is 6.06. The van der Waals surface area contributed by atoms with Gasteiger partial charge in [0.2, 0.25) is 0 Å². The standard InChI is InChI=1S/C25H38N6O2/c1-30(22(32)20-15-27-17-28-16-20)21-10-6-9-19(13-21)14-25(23(33)31(2)24(26)29-25)12-11-18-7-4-3-5-8-18/h15-19,21H,3-14H2,1-2H3,(H2,26,29)/t19-,21+,25+/m0/s1. The number of nitrogens with zero attached hydrogens (tertiary/aromatic N) is 5. The lowest BCUT2D eigenvalue weighted by atomic mass is 9.74. The SMILES string of the molecule is CN1C(=O)[C@@](CCC2CCCCC2)(C[C@H]2CCC[C@@H](N(C)C(=O)c3cncnc3)C2)N=C1N. The van der Waals surface area contributed by atoms with Crippen LogP contribution >= 0.6 is 0 Å². The minimum absolute atomic E-state index is 0.0452. The van der Waals surface area contributed by atoms with Gasteiger partial charge in [-0.05, 0) is 43.9 Å². The molecule has 2 fully saturated rings. The fourth-order valence-electron chi connectivity index (χ4n) is 6.13. The van der Waals surface area contributed by atoms with Crippen LogP contribution in [-0.2, 0) is 4.79 Å². The molecule has 3 atom stereocenters. The van der Waals surface area contributed by atoms with E-state index in [2.05, 4.69) is 9.97 Å². The average molecular weight is 455 g/mol. The minimum atomic E-state index is -0.737. The lowest BCUT2D eigenvalue weighted by Crippen LogP contribution is -2.45. The first-order chi connectivity index (χ1) is 15.9. The van der Waals surface area contributed by atoms with Crippen LogP contribution in [0.25, 0.3) is 0 Å². The Morgan fingerprint density at radius 1 is 1.12 bits per heavy atom. The molecule has 2 N–H and O–H groups in total. The van der Waals surface area contributed by atoms with E-state index in [-0.39, 0.29) is 17.9 Å². The van der Waals surface area contributed by atoms with Crippen LogP contribution in [0.15, 0.2) is 23.7 Å². The number of aliphatic imine (C=N–C) groups is 1. The van der Waals surface area contributed by atoms with Crippen LogP contribution in [-0.4, -0.2) is 63.2 Å². The Morgan fingerprint density at radius 2 is 1.82 bits per heavy atom. The molecule has 0 bridgehead atoms. The molecule has 8 nitrogen and oxygen atoms in total.